The molecule has 0 N–H and O–H groups in total. The molecule has 0 fully saturated rings. The number of benzene rings is 1. The Hall–Kier alpha value is -1.82. The molecule has 90 valence electrons. The number of halogens is 2. The Balaban J connectivity index is 2.45. The minimum atomic E-state index is -1.14. The van der Waals surface area contributed by atoms with E-state index in [0.717, 1.165) is 17.0 Å². The van der Waals surface area contributed by atoms with E-state index in [4.69, 9.17) is 4.74 Å². The minimum Gasteiger partial charge on any atom is -0.383 e. The number of carbonyl (C=O) groups is 2. The summed E-state index contributed by atoms with van der Waals surface area (Å²) in [5.74, 6) is -3.84. The first-order chi connectivity index (χ1) is 8.06. The number of ether oxygens (including phenoxy) is 1. The molecule has 4 nitrogen and oxygen atoms in total. The number of methoxy groups -OCH3 is 1. The molecule has 1 aromatic carbocycles. The van der Waals surface area contributed by atoms with Crippen LogP contribution in [-0.4, -0.2) is 32.0 Å². The van der Waals surface area contributed by atoms with Gasteiger partial charge in [0.05, 0.1) is 17.9 Å². The molecule has 17 heavy (non-hydrogen) atoms. The fraction of sp³-hybridized carbons (Fsp3) is 0.273. The predicted molar refractivity (Wildman–Crippen MR) is 54.9 cm³/mol. The van der Waals surface area contributed by atoms with E-state index in [2.05, 4.69) is 0 Å². The molecule has 0 atom stereocenters. The summed E-state index contributed by atoms with van der Waals surface area (Å²) in [6.45, 7) is 0.330. The lowest BCUT2D eigenvalue weighted by Gasteiger charge is -2.15. The van der Waals surface area contributed by atoms with Gasteiger partial charge in [-0.3, -0.25) is 9.59 Å². The third-order valence-electron chi connectivity index (χ3n) is 2.53. The van der Waals surface area contributed by atoms with Gasteiger partial charge in [0.2, 0.25) is 0 Å². The average molecular weight is 241 g/mol. The first kappa shape index (κ1) is 11.7. The van der Waals surface area contributed by atoms with Crippen LogP contribution in [0.15, 0.2) is 12.1 Å². The van der Waals surface area contributed by atoms with Crippen molar-refractivity contribution in [1.29, 1.82) is 0 Å². The summed E-state index contributed by atoms with van der Waals surface area (Å²) in [6.07, 6.45) is 0. The molecule has 0 saturated heterocycles. The Labute approximate surface area is 95.8 Å². The van der Waals surface area contributed by atoms with Gasteiger partial charge in [-0.05, 0) is 6.07 Å². The first-order valence-corrected chi connectivity index (χ1v) is 4.90. The average Bonchev–Trinajstić information content (AvgIpc) is 2.52. The lowest BCUT2D eigenvalue weighted by Crippen LogP contribution is -2.32. The fourth-order valence-electron chi connectivity index (χ4n) is 1.69. The normalized spacial score (nSPS) is 14.4. The summed E-state index contributed by atoms with van der Waals surface area (Å²) in [6, 6.07) is 1.60. The maximum absolute atomic E-state index is 13.1. The van der Waals surface area contributed by atoms with Crippen LogP contribution >= 0.6 is 0 Å². The number of hydrogen-bond donors (Lipinski definition) is 0. The van der Waals surface area contributed by atoms with E-state index >= 15 is 0 Å². The lowest BCUT2D eigenvalue weighted by atomic mass is 10.1. The maximum Gasteiger partial charge on any atom is 0.299 e. The third-order valence-corrected chi connectivity index (χ3v) is 2.53. The number of hydrogen-bond acceptors (Lipinski definition) is 3. The molecular formula is C11H9F2NO3. The second-order valence-electron chi connectivity index (χ2n) is 3.56. The van der Waals surface area contributed by atoms with Crippen molar-refractivity contribution in [3.63, 3.8) is 0 Å². The molecule has 6 heteroatoms. The molecule has 0 aromatic heterocycles. The minimum absolute atomic E-state index is 0.0935. The number of amides is 1. The SMILES string of the molecule is COCCN1C(=O)C(=O)c2cc(F)c(F)cc21. The van der Waals surface area contributed by atoms with Gasteiger partial charge < -0.3 is 9.64 Å². The summed E-state index contributed by atoms with van der Waals surface area (Å²) >= 11 is 0. The van der Waals surface area contributed by atoms with E-state index < -0.39 is 23.3 Å². The van der Waals surface area contributed by atoms with Crippen molar-refractivity contribution in [1.82, 2.24) is 0 Å². The van der Waals surface area contributed by atoms with Gasteiger partial charge in [0.1, 0.15) is 0 Å². The van der Waals surface area contributed by atoms with Crippen LogP contribution in [0.4, 0.5) is 14.5 Å². The van der Waals surface area contributed by atoms with Crippen LogP contribution in [0.25, 0.3) is 0 Å². The zero-order valence-electron chi connectivity index (χ0n) is 9.00. The van der Waals surface area contributed by atoms with Crippen LogP contribution in [0.1, 0.15) is 10.4 Å². The molecule has 0 bridgehead atoms. The Bertz CT molecular complexity index is 502. The molecule has 0 unspecified atom stereocenters. The molecule has 1 heterocycles. The topological polar surface area (TPSA) is 46.6 Å². The monoisotopic (exact) mass is 241 g/mol. The number of nitrogens with zero attached hydrogens (tertiary/aromatic N) is 1. The highest BCUT2D eigenvalue weighted by Crippen LogP contribution is 2.30. The number of fused-ring (bicyclic) bond motifs is 1. The highest BCUT2D eigenvalue weighted by atomic mass is 19.2. The summed E-state index contributed by atoms with van der Waals surface area (Å²) in [5.41, 5.74) is -0.0130. The Kier molecular flexibility index (Phi) is 2.89. The molecule has 2 rings (SSSR count). The number of ketones is 1. The smallest absolute Gasteiger partial charge is 0.299 e. The molecule has 0 spiro atoms. The van der Waals surface area contributed by atoms with Gasteiger partial charge in [0.15, 0.2) is 11.6 Å². The van der Waals surface area contributed by atoms with Crippen LogP contribution in [0.3, 0.4) is 0 Å². The summed E-state index contributed by atoms with van der Waals surface area (Å²) < 4.78 is 30.8. The molecular weight excluding hydrogens is 232 g/mol. The quantitative estimate of drug-likeness (QED) is 0.745. The highest BCUT2D eigenvalue weighted by molar-refractivity contribution is 6.52. The van der Waals surface area contributed by atoms with Crippen LogP contribution < -0.4 is 4.90 Å². The zero-order chi connectivity index (χ0) is 12.6. The van der Waals surface area contributed by atoms with Gasteiger partial charge in [-0.25, -0.2) is 8.78 Å². The summed E-state index contributed by atoms with van der Waals surface area (Å²) in [7, 11) is 1.44. The van der Waals surface area contributed by atoms with E-state index in [1.54, 1.807) is 0 Å². The maximum atomic E-state index is 13.1. The standard InChI is InChI=1S/C11H9F2NO3/c1-17-3-2-14-9-5-8(13)7(12)4-6(9)10(15)11(14)16/h4-5H,2-3H2,1H3. The van der Waals surface area contributed by atoms with Gasteiger partial charge in [-0.1, -0.05) is 0 Å². The van der Waals surface area contributed by atoms with E-state index in [1.807, 2.05) is 0 Å². The van der Waals surface area contributed by atoms with Gasteiger partial charge in [-0.2, -0.15) is 0 Å². The van der Waals surface area contributed by atoms with E-state index in [1.165, 1.54) is 7.11 Å². The zero-order valence-corrected chi connectivity index (χ0v) is 9.00. The van der Waals surface area contributed by atoms with Crippen LogP contribution in [-0.2, 0) is 9.53 Å². The van der Waals surface area contributed by atoms with E-state index in [9.17, 15) is 18.4 Å². The Morgan fingerprint density at radius 2 is 1.88 bits per heavy atom. The van der Waals surface area contributed by atoms with Crippen LogP contribution in [0.5, 0.6) is 0 Å². The number of anilines is 1. The van der Waals surface area contributed by atoms with E-state index in [-0.39, 0.29) is 24.4 Å². The molecule has 1 aromatic rings. The second kappa shape index (κ2) is 4.21. The first-order valence-electron chi connectivity index (χ1n) is 4.90. The third kappa shape index (κ3) is 1.80. The van der Waals surface area contributed by atoms with Crippen LogP contribution in [0, 0.1) is 11.6 Å². The van der Waals surface area contributed by atoms with Gasteiger partial charge in [-0.15, -0.1) is 0 Å². The van der Waals surface area contributed by atoms with Gasteiger partial charge >= 0.3 is 0 Å². The molecule has 0 radical (unpaired) electrons. The van der Waals surface area contributed by atoms with Crippen molar-refractivity contribution in [2.45, 2.75) is 0 Å². The highest BCUT2D eigenvalue weighted by Gasteiger charge is 2.36. The molecule has 1 amide bonds. The summed E-state index contributed by atoms with van der Waals surface area (Å²) in [5, 5.41) is 0. The number of carbonyl (C=O) groups excluding carboxylic acids is 2. The molecule has 1 aliphatic heterocycles. The van der Waals surface area contributed by atoms with Crippen molar-refractivity contribution in [3.05, 3.63) is 29.3 Å². The molecule has 0 saturated carbocycles. The van der Waals surface area contributed by atoms with Gasteiger partial charge in [0.25, 0.3) is 11.7 Å². The van der Waals surface area contributed by atoms with Crippen molar-refractivity contribution in [2.24, 2.45) is 0 Å². The molecule has 0 aliphatic carbocycles. The van der Waals surface area contributed by atoms with E-state index in [0.29, 0.717) is 0 Å². The van der Waals surface area contributed by atoms with Crippen molar-refractivity contribution in [2.75, 3.05) is 25.2 Å². The van der Waals surface area contributed by atoms with Crippen molar-refractivity contribution >= 4 is 17.4 Å². The Morgan fingerprint density at radius 1 is 1.24 bits per heavy atom. The lowest BCUT2D eigenvalue weighted by molar-refractivity contribution is -0.114. The predicted octanol–water partition coefficient (Wildman–Crippen LogP) is 1.14. The Morgan fingerprint density at radius 3 is 2.53 bits per heavy atom. The second-order valence-corrected chi connectivity index (χ2v) is 3.56. The fourth-order valence-corrected chi connectivity index (χ4v) is 1.69. The number of rotatable bonds is 3. The van der Waals surface area contributed by atoms with Gasteiger partial charge in [0, 0.05) is 19.7 Å². The summed E-state index contributed by atoms with van der Waals surface area (Å²) in [4.78, 5) is 24.2. The van der Waals surface area contributed by atoms with Crippen LogP contribution in [0.2, 0.25) is 0 Å². The number of Topliss-reactive ketones (excluding diaryl/α,β-unsaturated/α-hetero) is 1. The largest absolute Gasteiger partial charge is 0.383 e. The molecule has 1 aliphatic rings. The van der Waals surface area contributed by atoms with Crippen molar-refractivity contribution < 1.29 is 23.1 Å². The van der Waals surface area contributed by atoms with Crippen molar-refractivity contribution in [3.8, 4) is 0 Å².